The van der Waals surface area contributed by atoms with Gasteiger partial charge in [-0.1, -0.05) is 0 Å². The third-order valence-electron chi connectivity index (χ3n) is 2.75. The fourth-order valence-corrected chi connectivity index (χ4v) is 1.98. The van der Waals surface area contributed by atoms with Crippen LogP contribution in [0.25, 0.3) is 0 Å². The van der Waals surface area contributed by atoms with Gasteiger partial charge in [0.2, 0.25) is 0 Å². The molecule has 1 fully saturated rings. The van der Waals surface area contributed by atoms with E-state index < -0.39 is 24.3 Å². The molecule has 98 valence electrons. The summed E-state index contributed by atoms with van der Waals surface area (Å²) in [7, 11) is 0. The van der Waals surface area contributed by atoms with Crippen LogP contribution in [0.15, 0.2) is 5.29 Å². The number of hydrogen-bond acceptors (Lipinski definition) is 5. The van der Waals surface area contributed by atoms with Crippen molar-refractivity contribution in [1.29, 1.82) is 0 Å². The highest BCUT2D eigenvalue weighted by atomic mass is 35.5. The summed E-state index contributed by atoms with van der Waals surface area (Å²) in [5.74, 6) is 0.0783. The first-order valence-electron chi connectivity index (χ1n) is 5.43. The molecule has 0 aromatic rings. The molecule has 0 saturated heterocycles. The van der Waals surface area contributed by atoms with Crippen LogP contribution in [0, 0.1) is 4.91 Å². The number of carbonyl (C=O) groups is 1. The van der Waals surface area contributed by atoms with Crippen LogP contribution in [-0.2, 0) is 0 Å². The molecule has 8 heteroatoms. The summed E-state index contributed by atoms with van der Waals surface area (Å²) < 4.78 is 0. The van der Waals surface area contributed by atoms with E-state index in [4.69, 9.17) is 11.6 Å². The fourth-order valence-electron chi connectivity index (χ4n) is 1.82. The second-order valence-electron chi connectivity index (χ2n) is 3.93. The average Bonchev–Trinajstić information content (AvgIpc) is 2.30. The number of urea groups is 1. The maximum absolute atomic E-state index is 11.6. The number of nitroso groups, excluding NO2 is 1. The maximum Gasteiger partial charge on any atom is 0.340 e. The van der Waals surface area contributed by atoms with Gasteiger partial charge in [-0.05, 0) is 19.3 Å². The van der Waals surface area contributed by atoms with Crippen molar-refractivity contribution in [2.75, 3.05) is 12.4 Å². The maximum atomic E-state index is 11.6. The highest BCUT2D eigenvalue weighted by Crippen LogP contribution is 2.19. The molecule has 3 N–H and O–H groups in total. The molecular weight excluding hydrogens is 250 g/mol. The molecule has 2 amide bonds. The zero-order valence-electron chi connectivity index (χ0n) is 9.25. The van der Waals surface area contributed by atoms with Crippen LogP contribution in [-0.4, -0.2) is 51.9 Å². The Hall–Kier alpha value is -0.920. The first-order valence-corrected chi connectivity index (χ1v) is 5.97. The minimum atomic E-state index is -0.813. The summed E-state index contributed by atoms with van der Waals surface area (Å²) in [6.45, 7) is -0.0181. The minimum Gasteiger partial charge on any atom is -0.391 e. The third-order valence-corrected chi connectivity index (χ3v) is 2.92. The van der Waals surface area contributed by atoms with E-state index in [2.05, 4.69) is 10.6 Å². The zero-order chi connectivity index (χ0) is 12.8. The molecule has 0 heterocycles. The minimum absolute atomic E-state index is 0.0181. The van der Waals surface area contributed by atoms with Crippen molar-refractivity contribution < 1.29 is 15.0 Å². The predicted octanol–water partition coefficient (Wildman–Crippen LogP) is 0.192. The van der Waals surface area contributed by atoms with E-state index in [1.807, 2.05) is 0 Å². The van der Waals surface area contributed by atoms with E-state index in [9.17, 15) is 19.9 Å². The van der Waals surface area contributed by atoms with E-state index in [0.717, 1.165) is 0 Å². The van der Waals surface area contributed by atoms with Gasteiger partial charge in [-0.25, -0.2) is 4.79 Å². The number of amides is 2. The van der Waals surface area contributed by atoms with Crippen LogP contribution in [0.2, 0.25) is 0 Å². The molecule has 7 nitrogen and oxygen atoms in total. The summed E-state index contributed by atoms with van der Waals surface area (Å²) >= 11 is 5.40. The van der Waals surface area contributed by atoms with Gasteiger partial charge in [0.15, 0.2) is 0 Å². The van der Waals surface area contributed by atoms with Crippen molar-refractivity contribution >= 4 is 17.6 Å². The SMILES string of the molecule is O=NN(CCCl)C(=O)NC1C(O)CCCC1O. The lowest BCUT2D eigenvalue weighted by atomic mass is 9.90. The number of aliphatic hydroxyl groups excluding tert-OH is 2. The molecule has 0 aromatic carbocycles. The molecule has 0 radical (unpaired) electrons. The number of nitrogens with one attached hydrogen (secondary N) is 1. The Morgan fingerprint density at radius 1 is 1.41 bits per heavy atom. The Morgan fingerprint density at radius 3 is 2.47 bits per heavy atom. The van der Waals surface area contributed by atoms with Gasteiger partial charge in [-0.3, -0.25) is 0 Å². The van der Waals surface area contributed by atoms with Gasteiger partial charge in [0.25, 0.3) is 0 Å². The molecule has 1 aliphatic carbocycles. The van der Waals surface area contributed by atoms with Crippen molar-refractivity contribution in [3.05, 3.63) is 4.91 Å². The second-order valence-corrected chi connectivity index (χ2v) is 4.31. The zero-order valence-corrected chi connectivity index (χ0v) is 10.0. The molecule has 17 heavy (non-hydrogen) atoms. The number of aliphatic hydroxyl groups is 2. The van der Waals surface area contributed by atoms with Crippen molar-refractivity contribution in [2.45, 2.75) is 37.5 Å². The molecule has 0 aliphatic heterocycles. The van der Waals surface area contributed by atoms with Gasteiger partial charge in [0.1, 0.15) is 0 Å². The lowest BCUT2D eigenvalue weighted by molar-refractivity contribution is 0.00422. The van der Waals surface area contributed by atoms with Crippen LogP contribution < -0.4 is 5.32 Å². The van der Waals surface area contributed by atoms with Gasteiger partial charge in [-0.15, -0.1) is 16.5 Å². The molecule has 1 aliphatic rings. The number of rotatable bonds is 4. The van der Waals surface area contributed by atoms with Gasteiger partial charge in [-0.2, -0.15) is 5.01 Å². The molecule has 1 rings (SSSR count). The quantitative estimate of drug-likeness (QED) is 0.384. The van der Waals surface area contributed by atoms with Gasteiger partial charge in [0, 0.05) is 5.88 Å². The number of hydrogen-bond donors (Lipinski definition) is 3. The molecular formula is C9H16ClN3O4. The average molecular weight is 266 g/mol. The highest BCUT2D eigenvalue weighted by molar-refractivity contribution is 6.18. The molecule has 2 unspecified atom stereocenters. The fraction of sp³-hybridized carbons (Fsp3) is 0.889. The second kappa shape index (κ2) is 6.73. The van der Waals surface area contributed by atoms with Crippen LogP contribution in [0.5, 0.6) is 0 Å². The first-order chi connectivity index (χ1) is 8.10. The van der Waals surface area contributed by atoms with Crippen molar-refractivity contribution in [2.24, 2.45) is 5.29 Å². The monoisotopic (exact) mass is 265 g/mol. The standard InChI is InChI=1S/C9H16ClN3O4/c10-4-5-13(12-17)9(16)11-8-6(14)2-1-3-7(8)15/h6-8,14-15H,1-5H2,(H,11,16). The van der Waals surface area contributed by atoms with Crippen molar-refractivity contribution in [1.82, 2.24) is 10.3 Å². The summed E-state index contributed by atoms with van der Waals surface area (Å²) in [4.78, 5) is 21.9. The number of nitrogens with zero attached hydrogens (tertiary/aromatic N) is 2. The van der Waals surface area contributed by atoms with Crippen LogP contribution in [0.3, 0.4) is 0 Å². The van der Waals surface area contributed by atoms with E-state index >= 15 is 0 Å². The smallest absolute Gasteiger partial charge is 0.340 e. The number of alkyl halides is 1. The third kappa shape index (κ3) is 3.79. The highest BCUT2D eigenvalue weighted by Gasteiger charge is 2.33. The Morgan fingerprint density at radius 2 is 2.00 bits per heavy atom. The summed E-state index contributed by atoms with van der Waals surface area (Å²) in [6.07, 6.45) is 0.0868. The number of halogens is 1. The lowest BCUT2D eigenvalue weighted by Gasteiger charge is -2.33. The predicted molar refractivity (Wildman–Crippen MR) is 61.4 cm³/mol. The molecule has 1 saturated carbocycles. The molecule has 2 atom stereocenters. The largest absolute Gasteiger partial charge is 0.391 e. The van der Waals surface area contributed by atoms with E-state index in [1.54, 1.807) is 0 Å². The van der Waals surface area contributed by atoms with Crippen molar-refractivity contribution in [3.8, 4) is 0 Å². The lowest BCUT2D eigenvalue weighted by Crippen LogP contribution is -2.55. The Kier molecular flexibility index (Phi) is 5.60. The van der Waals surface area contributed by atoms with Crippen LogP contribution in [0.1, 0.15) is 19.3 Å². The topological polar surface area (TPSA) is 102 Å². The molecule has 0 bridgehead atoms. The van der Waals surface area contributed by atoms with E-state index in [-0.39, 0.29) is 12.4 Å². The van der Waals surface area contributed by atoms with Crippen LogP contribution in [0.4, 0.5) is 4.79 Å². The molecule has 0 spiro atoms. The Bertz CT molecular complexity index is 269. The van der Waals surface area contributed by atoms with E-state index in [0.29, 0.717) is 24.3 Å². The summed E-state index contributed by atoms with van der Waals surface area (Å²) in [6, 6.07) is -1.53. The summed E-state index contributed by atoms with van der Waals surface area (Å²) in [5, 5.41) is 24.8. The van der Waals surface area contributed by atoms with Crippen molar-refractivity contribution in [3.63, 3.8) is 0 Å². The molecule has 0 aromatic heterocycles. The summed E-state index contributed by atoms with van der Waals surface area (Å²) in [5.41, 5.74) is 0. The van der Waals surface area contributed by atoms with Gasteiger partial charge in [0.05, 0.1) is 30.1 Å². The van der Waals surface area contributed by atoms with Crippen LogP contribution >= 0.6 is 11.6 Å². The normalized spacial score (nSPS) is 28.5. The number of carbonyl (C=O) groups excluding carboxylic acids is 1. The first kappa shape index (κ1) is 14.1. The van der Waals surface area contributed by atoms with Gasteiger partial charge >= 0.3 is 6.03 Å². The Balaban J connectivity index is 2.56. The van der Waals surface area contributed by atoms with E-state index in [1.165, 1.54) is 0 Å². The van der Waals surface area contributed by atoms with Gasteiger partial charge < -0.3 is 15.5 Å². The Labute approximate surface area is 104 Å².